The number of nitrogens with one attached hydrogen (secondary N) is 2. The van der Waals surface area contributed by atoms with Gasteiger partial charge in [0.2, 0.25) is 11.8 Å². The third-order valence-corrected chi connectivity index (χ3v) is 6.36. The van der Waals surface area contributed by atoms with Crippen molar-refractivity contribution in [2.24, 2.45) is 28.7 Å². The van der Waals surface area contributed by atoms with Crippen molar-refractivity contribution in [1.82, 2.24) is 15.5 Å². The molecule has 1 heterocycles. The van der Waals surface area contributed by atoms with Crippen LogP contribution in [-0.4, -0.2) is 56.0 Å². The number of guanidine groups is 1. The highest BCUT2D eigenvalue weighted by Gasteiger charge is 2.58. The van der Waals surface area contributed by atoms with Crippen molar-refractivity contribution in [3.63, 3.8) is 0 Å². The molecule has 1 aromatic rings. The monoisotopic (exact) mass is 548 g/mol. The van der Waals surface area contributed by atoms with E-state index in [0.29, 0.717) is 25.6 Å². The van der Waals surface area contributed by atoms with E-state index in [1.54, 1.807) is 7.05 Å². The van der Waals surface area contributed by atoms with Gasteiger partial charge in [-0.25, -0.2) is 0 Å². The topological polar surface area (TPSA) is 83.0 Å². The van der Waals surface area contributed by atoms with Gasteiger partial charge in [0, 0.05) is 26.7 Å². The number of halogens is 1. The molecule has 4 rings (SSSR count). The van der Waals surface area contributed by atoms with Crippen LogP contribution in [0.15, 0.2) is 41.4 Å². The number of ether oxygens (including phenoxy) is 1. The Bertz CT molecular complexity index is 908. The molecule has 7 nitrogen and oxygen atoms in total. The molecule has 0 radical (unpaired) electrons. The molecule has 3 aliphatic rings. The fourth-order valence-corrected chi connectivity index (χ4v) is 4.89. The van der Waals surface area contributed by atoms with Crippen LogP contribution in [-0.2, 0) is 16.0 Å². The molecule has 1 aromatic carbocycles. The Kier molecular flexibility index (Phi) is 8.18. The smallest absolute Gasteiger partial charge is 0.233 e. The number of amides is 2. The van der Waals surface area contributed by atoms with E-state index in [0.717, 1.165) is 18.6 Å². The zero-order valence-electron chi connectivity index (χ0n) is 18.1. The van der Waals surface area contributed by atoms with Gasteiger partial charge in [-0.15, -0.1) is 30.4 Å². The first kappa shape index (κ1) is 24.1. The molecule has 1 saturated heterocycles. The highest BCUT2D eigenvalue weighted by atomic mass is 127. The standard InChI is InChI=1S/C24H28N4O3.HI/c1-3-14-31-19-8-4-16(5-9-19)10-11-26-24(25-2)27-12-13-28-22(29)20-17-6-7-18(15-17)21(20)23(28)30;/h1,4-9,17-18,20-21H,10-15H2,2H3,(H2,25,26,27);1H. The lowest BCUT2D eigenvalue weighted by molar-refractivity contribution is -0.140. The minimum absolute atomic E-state index is 0. The first-order valence-corrected chi connectivity index (χ1v) is 10.8. The number of likely N-dealkylation sites (tertiary alicyclic amines) is 1. The van der Waals surface area contributed by atoms with Crippen LogP contribution >= 0.6 is 24.0 Å². The fraction of sp³-hybridized carbons (Fsp3) is 0.458. The van der Waals surface area contributed by atoms with Crippen LogP contribution in [0.4, 0.5) is 0 Å². The van der Waals surface area contributed by atoms with E-state index in [1.807, 2.05) is 24.3 Å². The fourth-order valence-electron chi connectivity index (χ4n) is 4.89. The van der Waals surface area contributed by atoms with E-state index in [9.17, 15) is 9.59 Å². The van der Waals surface area contributed by atoms with E-state index >= 15 is 0 Å². The number of allylic oxidation sites excluding steroid dienone is 2. The normalized spacial score (nSPS) is 25.4. The first-order chi connectivity index (χ1) is 15.1. The second-order valence-corrected chi connectivity index (χ2v) is 8.14. The lowest BCUT2D eigenvalue weighted by Crippen LogP contribution is -2.44. The molecule has 8 heteroatoms. The van der Waals surface area contributed by atoms with Gasteiger partial charge in [-0.3, -0.25) is 19.5 Å². The van der Waals surface area contributed by atoms with Crippen LogP contribution in [0.25, 0.3) is 0 Å². The molecule has 2 amide bonds. The van der Waals surface area contributed by atoms with Crippen molar-refractivity contribution in [2.75, 3.05) is 33.3 Å². The van der Waals surface area contributed by atoms with Gasteiger partial charge in [-0.05, 0) is 42.4 Å². The van der Waals surface area contributed by atoms with Gasteiger partial charge in [0.1, 0.15) is 12.4 Å². The molecular formula is C24H29IN4O3. The summed E-state index contributed by atoms with van der Waals surface area (Å²) in [4.78, 5) is 31.1. The van der Waals surface area contributed by atoms with Crippen molar-refractivity contribution in [3.8, 4) is 18.1 Å². The third-order valence-electron chi connectivity index (χ3n) is 6.36. The van der Waals surface area contributed by atoms with Crippen LogP contribution < -0.4 is 15.4 Å². The Hall–Kier alpha value is -2.54. The Balaban J connectivity index is 0.00000289. The van der Waals surface area contributed by atoms with E-state index in [-0.39, 0.29) is 66.1 Å². The van der Waals surface area contributed by atoms with Gasteiger partial charge < -0.3 is 15.4 Å². The number of aliphatic imine (C=N–C) groups is 1. The Morgan fingerprint density at radius 2 is 1.75 bits per heavy atom. The first-order valence-electron chi connectivity index (χ1n) is 10.8. The maximum Gasteiger partial charge on any atom is 0.233 e. The summed E-state index contributed by atoms with van der Waals surface area (Å²) in [6.07, 6.45) is 11.2. The maximum atomic E-state index is 12.7. The number of fused-ring (bicyclic) bond motifs is 5. The van der Waals surface area contributed by atoms with Crippen LogP contribution in [0.2, 0.25) is 0 Å². The third kappa shape index (κ3) is 4.93. The number of benzene rings is 1. The lowest BCUT2D eigenvalue weighted by atomic mass is 9.85. The Morgan fingerprint density at radius 1 is 1.12 bits per heavy atom. The largest absolute Gasteiger partial charge is 0.481 e. The number of carbonyl (C=O) groups excluding carboxylic acids is 2. The summed E-state index contributed by atoms with van der Waals surface area (Å²) in [6, 6.07) is 7.82. The SMILES string of the molecule is C#CCOc1ccc(CCNC(=NC)NCCN2C(=O)C3C4C=CC(C4)C3C2=O)cc1.I. The van der Waals surface area contributed by atoms with Crippen molar-refractivity contribution in [3.05, 3.63) is 42.0 Å². The molecule has 0 aromatic heterocycles. The summed E-state index contributed by atoms with van der Waals surface area (Å²) in [5, 5.41) is 6.46. The second-order valence-electron chi connectivity index (χ2n) is 8.14. The molecule has 0 spiro atoms. The second kappa shape index (κ2) is 10.9. The summed E-state index contributed by atoms with van der Waals surface area (Å²) in [6.45, 7) is 1.80. The number of terminal acetylenes is 1. The summed E-state index contributed by atoms with van der Waals surface area (Å²) in [5.41, 5.74) is 1.17. The molecule has 2 fully saturated rings. The van der Waals surface area contributed by atoms with E-state index < -0.39 is 0 Å². The quantitative estimate of drug-likeness (QED) is 0.129. The Labute approximate surface area is 206 Å². The average molecular weight is 548 g/mol. The predicted molar refractivity (Wildman–Crippen MR) is 134 cm³/mol. The molecule has 2 bridgehead atoms. The van der Waals surface area contributed by atoms with Crippen LogP contribution in [0.5, 0.6) is 5.75 Å². The van der Waals surface area contributed by atoms with Gasteiger partial charge in [0.25, 0.3) is 0 Å². The number of carbonyl (C=O) groups is 2. The highest BCUT2D eigenvalue weighted by Crippen LogP contribution is 2.52. The molecular weight excluding hydrogens is 519 g/mol. The van der Waals surface area contributed by atoms with Crippen molar-refractivity contribution in [1.29, 1.82) is 0 Å². The van der Waals surface area contributed by atoms with Gasteiger partial charge in [-0.1, -0.05) is 30.2 Å². The summed E-state index contributed by atoms with van der Waals surface area (Å²) in [7, 11) is 1.70. The summed E-state index contributed by atoms with van der Waals surface area (Å²) in [5.74, 6) is 4.05. The molecule has 4 atom stereocenters. The zero-order chi connectivity index (χ0) is 21.8. The van der Waals surface area contributed by atoms with Gasteiger partial charge in [0.05, 0.1) is 11.8 Å². The summed E-state index contributed by atoms with van der Waals surface area (Å²) >= 11 is 0. The van der Waals surface area contributed by atoms with Crippen LogP contribution in [0.1, 0.15) is 12.0 Å². The molecule has 4 unspecified atom stereocenters. The molecule has 1 aliphatic heterocycles. The highest BCUT2D eigenvalue weighted by molar-refractivity contribution is 14.0. The van der Waals surface area contributed by atoms with E-state index in [4.69, 9.17) is 11.2 Å². The molecule has 170 valence electrons. The molecule has 2 N–H and O–H groups in total. The van der Waals surface area contributed by atoms with Crippen molar-refractivity contribution >= 4 is 41.8 Å². The minimum Gasteiger partial charge on any atom is -0.481 e. The minimum atomic E-state index is -0.136. The van der Waals surface area contributed by atoms with Crippen molar-refractivity contribution in [2.45, 2.75) is 12.8 Å². The van der Waals surface area contributed by atoms with Crippen LogP contribution in [0.3, 0.4) is 0 Å². The lowest BCUT2D eigenvalue weighted by Gasteiger charge is -2.18. The van der Waals surface area contributed by atoms with Gasteiger partial charge in [-0.2, -0.15) is 0 Å². The predicted octanol–water partition coefficient (Wildman–Crippen LogP) is 1.83. The Morgan fingerprint density at radius 3 is 2.34 bits per heavy atom. The van der Waals surface area contributed by atoms with Gasteiger partial charge >= 0.3 is 0 Å². The number of hydrogen-bond donors (Lipinski definition) is 2. The van der Waals surface area contributed by atoms with Crippen molar-refractivity contribution < 1.29 is 14.3 Å². The van der Waals surface area contributed by atoms with E-state index in [2.05, 4.69) is 33.7 Å². The average Bonchev–Trinajstić information content (AvgIpc) is 3.47. The molecule has 1 saturated carbocycles. The number of nitrogens with zero attached hydrogens (tertiary/aromatic N) is 2. The van der Waals surface area contributed by atoms with E-state index in [1.165, 1.54) is 10.5 Å². The molecule has 32 heavy (non-hydrogen) atoms. The zero-order valence-corrected chi connectivity index (χ0v) is 20.5. The maximum absolute atomic E-state index is 12.7. The van der Waals surface area contributed by atoms with Gasteiger partial charge in [0.15, 0.2) is 5.96 Å². The molecule has 2 aliphatic carbocycles. The number of rotatable bonds is 8. The number of hydrogen-bond acceptors (Lipinski definition) is 4. The number of imide groups is 1. The van der Waals surface area contributed by atoms with Crippen LogP contribution in [0, 0.1) is 36.0 Å². The summed E-state index contributed by atoms with van der Waals surface area (Å²) < 4.78 is 5.37.